The molecule has 0 aliphatic heterocycles. The van der Waals surface area contributed by atoms with E-state index in [4.69, 9.17) is 14.5 Å². The number of pyridine rings is 1. The van der Waals surface area contributed by atoms with E-state index in [1.165, 1.54) is 0 Å². The Bertz CT molecular complexity index is 1150. The summed E-state index contributed by atoms with van der Waals surface area (Å²) < 4.78 is 12.5. The summed E-state index contributed by atoms with van der Waals surface area (Å²) in [6.07, 6.45) is 1.75. The Morgan fingerprint density at radius 1 is 1.00 bits per heavy atom. The highest BCUT2D eigenvalue weighted by Crippen LogP contribution is 2.24. The first-order valence-electron chi connectivity index (χ1n) is 9.57. The molecule has 7 heteroatoms. The quantitative estimate of drug-likeness (QED) is 0.512. The van der Waals surface area contributed by atoms with Crippen LogP contribution in [0.25, 0.3) is 22.6 Å². The molecule has 30 heavy (non-hydrogen) atoms. The average molecular weight is 402 g/mol. The zero-order chi connectivity index (χ0) is 20.9. The monoisotopic (exact) mass is 402 g/mol. The van der Waals surface area contributed by atoms with Crippen LogP contribution in [0, 0.1) is 0 Å². The van der Waals surface area contributed by atoms with Gasteiger partial charge in [0.2, 0.25) is 0 Å². The summed E-state index contributed by atoms with van der Waals surface area (Å²) >= 11 is 0. The molecule has 0 spiro atoms. The van der Waals surface area contributed by atoms with Gasteiger partial charge in [0.1, 0.15) is 22.8 Å². The van der Waals surface area contributed by atoms with Crippen molar-refractivity contribution in [2.75, 3.05) is 20.8 Å². The van der Waals surface area contributed by atoms with E-state index in [2.05, 4.69) is 10.3 Å². The zero-order valence-corrected chi connectivity index (χ0v) is 16.8. The number of carbonyl (C=O) groups is 1. The van der Waals surface area contributed by atoms with Gasteiger partial charge in [-0.05, 0) is 24.3 Å². The standard InChI is InChI=1S/C23H22N4O3/c1-29-18-13-17(14-19(15-18)30-2)23(28)25-11-12-27-21(16-7-4-3-5-8-16)26-20-9-6-10-24-22(20)27/h3-10,13-15H,11-12H2,1-2H3,(H,25,28). The summed E-state index contributed by atoms with van der Waals surface area (Å²) in [5.41, 5.74) is 3.08. The van der Waals surface area contributed by atoms with Crippen molar-refractivity contribution < 1.29 is 14.3 Å². The predicted molar refractivity (Wildman–Crippen MR) is 115 cm³/mol. The summed E-state index contributed by atoms with van der Waals surface area (Å²) in [7, 11) is 3.11. The maximum absolute atomic E-state index is 12.7. The van der Waals surface area contributed by atoms with Gasteiger partial charge in [0.05, 0.1) is 14.2 Å². The molecule has 0 atom stereocenters. The highest BCUT2D eigenvalue weighted by molar-refractivity contribution is 5.95. The lowest BCUT2D eigenvalue weighted by Gasteiger charge is -2.11. The SMILES string of the molecule is COc1cc(OC)cc(C(=O)NCCn2c(-c3ccccc3)nc3cccnc32)c1. The van der Waals surface area contributed by atoms with Crippen LogP contribution in [-0.4, -0.2) is 41.2 Å². The Morgan fingerprint density at radius 3 is 2.43 bits per heavy atom. The Hall–Kier alpha value is -3.87. The van der Waals surface area contributed by atoms with Crippen molar-refractivity contribution >= 4 is 17.1 Å². The number of aromatic nitrogens is 3. The number of hydrogen-bond acceptors (Lipinski definition) is 5. The Kier molecular flexibility index (Phi) is 5.61. The molecule has 0 radical (unpaired) electrons. The van der Waals surface area contributed by atoms with Crippen molar-refractivity contribution in [1.29, 1.82) is 0 Å². The molecular weight excluding hydrogens is 380 g/mol. The van der Waals surface area contributed by atoms with Crippen LogP contribution in [0.5, 0.6) is 11.5 Å². The average Bonchev–Trinajstić information content (AvgIpc) is 3.17. The van der Waals surface area contributed by atoms with Crippen LogP contribution in [0.3, 0.4) is 0 Å². The molecular formula is C23H22N4O3. The van der Waals surface area contributed by atoms with Gasteiger partial charge in [-0.25, -0.2) is 9.97 Å². The number of amides is 1. The van der Waals surface area contributed by atoms with Crippen LogP contribution in [0.1, 0.15) is 10.4 Å². The molecule has 2 heterocycles. The largest absolute Gasteiger partial charge is 0.497 e. The number of methoxy groups -OCH3 is 2. The third-order valence-electron chi connectivity index (χ3n) is 4.77. The summed E-state index contributed by atoms with van der Waals surface area (Å²) in [5.74, 6) is 1.75. The Balaban J connectivity index is 1.55. The van der Waals surface area contributed by atoms with E-state index >= 15 is 0 Å². The number of nitrogens with zero attached hydrogens (tertiary/aromatic N) is 3. The molecule has 0 aliphatic carbocycles. The first-order valence-corrected chi connectivity index (χ1v) is 9.57. The highest BCUT2D eigenvalue weighted by atomic mass is 16.5. The fraction of sp³-hybridized carbons (Fsp3) is 0.174. The van der Waals surface area contributed by atoms with Gasteiger partial charge in [0.25, 0.3) is 5.91 Å². The first-order chi connectivity index (χ1) is 14.7. The molecule has 7 nitrogen and oxygen atoms in total. The smallest absolute Gasteiger partial charge is 0.251 e. The van der Waals surface area contributed by atoms with E-state index < -0.39 is 0 Å². The predicted octanol–water partition coefficient (Wildman–Crippen LogP) is 3.55. The van der Waals surface area contributed by atoms with Gasteiger partial charge in [0.15, 0.2) is 5.65 Å². The minimum absolute atomic E-state index is 0.203. The molecule has 0 bridgehead atoms. The van der Waals surface area contributed by atoms with Crippen molar-refractivity contribution in [3.05, 3.63) is 72.4 Å². The van der Waals surface area contributed by atoms with Crippen LogP contribution in [0.15, 0.2) is 66.9 Å². The van der Waals surface area contributed by atoms with Crippen LogP contribution < -0.4 is 14.8 Å². The fourth-order valence-electron chi connectivity index (χ4n) is 3.30. The van der Waals surface area contributed by atoms with E-state index in [0.29, 0.717) is 30.2 Å². The van der Waals surface area contributed by atoms with Crippen molar-refractivity contribution in [2.45, 2.75) is 6.54 Å². The molecule has 0 aliphatic rings. The molecule has 152 valence electrons. The number of carbonyl (C=O) groups excluding carboxylic acids is 1. The van der Waals surface area contributed by atoms with Gasteiger partial charge in [-0.15, -0.1) is 0 Å². The van der Waals surface area contributed by atoms with Crippen LogP contribution >= 0.6 is 0 Å². The molecule has 4 aromatic rings. The molecule has 0 saturated carbocycles. The van der Waals surface area contributed by atoms with Gasteiger partial charge < -0.3 is 19.4 Å². The number of rotatable bonds is 7. The Labute approximate surface area is 174 Å². The van der Waals surface area contributed by atoms with Crippen molar-refractivity contribution in [1.82, 2.24) is 19.9 Å². The lowest BCUT2D eigenvalue weighted by Crippen LogP contribution is -2.27. The molecule has 4 rings (SSSR count). The maximum atomic E-state index is 12.7. The van der Waals surface area contributed by atoms with E-state index in [1.54, 1.807) is 38.6 Å². The first kappa shape index (κ1) is 19.4. The summed E-state index contributed by atoms with van der Waals surface area (Å²) in [6, 6.07) is 18.8. The second-order valence-electron chi connectivity index (χ2n) is 6.66. The summed E-state index contributed by atoms with van der Waals surface area (Å²) in [6.45, 7) is 0.949. The molecule has 0 saturated heterocycles. The molecule has 2 aromatic carbocycles. The minimum Gasteiger partial charge on any atom is -0.497 e. The van der Waals surface area contributed by atoms with Gasteiger partial charge in [-0.2, -0.15) is 0 Å². The van der Waals surface area contributed by atoms with E-state index in [0.717, 1.165) is 22.6 Å². The van der Waals surface area contributed by atoms with Crippen LogP contribution in [0.4, 0.5) is 0 Å². The molecule has 0 fully saturated rings. The van der Waals surface area contributed by atoms with Crippen molar-refractivity contribution in [3.63, 3.8) is 0 Å². The topological polar surface area (TPSA) is 78.3 Å². The van der Waals surface area contributed by atoms with Crippen molar-refractivity contribution in [2.24, 2.45) is 0 Å². The van der Waals surface area contributed by atoms with Gasteiger partial charge >= 0.3 is 0 Å². The number of imidazole rings is 1. The van der Waals surface area contributed by atoms with E-state index in [9.17, 15) is 4.79 Å². The number of nitrogens with one attached hydrogen (secondary N) is 1. The molecule has 0 unspecified atom stereocenters. The third kappa shape index (κ3) is 3.96. The van der Waals surface area contributed by atoms with Crippen LogP contribution in [0.2, 0.25) is 0 Å². The van der Waals surface area contributed by atoms with Crippen molar-refractivity contribution in [3.8, 4) is 22.9 Å². The normalized spacial score (nSPS) is 10.7. The van der Waals surface area contributed by atoms with Gasteiger partial charge in [-0.3, -0.25) is 4.79 Å². The lowest BCUT2D eigenvalue weighted by molar-refractivity contribution is 0.0951. The molecule has 2 aromatic heterocycles. The molecule has 1 amide bonds. The van der Waals surface area contributed by atoms with Gasteiger partial charge in [0, 0.05) is 36.5 Å². The summed E-state index contributed by atoms with van der Waals surface area (Å²) in [5, 5.41) is 2.96. The third-order valence-corrected chi connectivity index (χ3v) is 4.77. The van der Waals surface area contributed by atoms with E-state index in [1.807, 2.05) is 47.0 Å². The number of hydrogen-bond donors (Lipinski definition) is 1. The van der Waals surface area contributed by atoms with E-state index in [-0.39, 0.29) is 5.91 Å². The number of benzene rings is 2. The van der Waals surface area contributed by atoms with Gasteiger partial charge in [-0.1, -0.05) is 30.3 Å². The second-order valence-corrected chi connectivity index (χ2v) is 6.66. The maximum Gasteiger partial charge on any atom is 0.251 e. The van der Waals surface area contributed by atoms with Crippen LogP contribution in [-0.2, 0) is 6.54 Å². The minimum atomic E-state index is -0.203. The fourth-order valence-corrected chi connectivity index (χ4v) is 3.30. The zero-order valence-electron chi connectivity index (χ0n) is 16.8. The molecule has 1 N–H and O–H groups in total. The lowest BCUT2D eigenvalue weighted by atomic mass is 10.2. The summed E-state index contributed by atoms with van der Waals surface area (Å²) in [4.78, 5) is 21.9. The Morgan fingerprint density at radius 2 is 1.73 bits per heavy atom. The number of ether oxygens (including phenoxy) is 2. The second kappa shape index (κ2) is 8.65. The number of fused-ring (bicyclic) bond motifs is 1. The highest BCUT2D eigenvalue weighted by Gasteiger charge is 2.14.